The molecule has 3 aromatic carbocycles. The number of aliphatic hydroxyl groups is 1. The number of rotatable bonds is 10. The van der Waals surface area contributed by atoms with Gasteiger partial charge in [-0.05, 0) is 64.9 Å². The van der Waals surface area contributed by atoms with Crippen LogP contribution in [0, 0.1) is 0 Å². The third-order valence-electron chi connectivity index (χ3n) is 6.09. The van der Waals surface area contributed by atoms with Crippen molar-refractivity contribution in [1.82, 2.24) is 4.90 Å². The van der Waals surface area contributed by atoms with Crippen LogP contribution in [-0.2, 0) is 4.74 Å². The highest BCUT2D eigenvalue weighted by Gasteiger charge is 2.15. The van der Waals surface area contributed by atoms with Gasteiger partial charge in [-0.15, -0.1) is 0 Å². The number of phenolic OH excluding ortho intramolecular Hbond substituents is 1. The fourth-order valence-electron chi connectivity index (χ4n) is 4.29. The molecule has 0 amide bonds. The maximum absolute atomic E-state index is 9.84. The van der Waals surface area contributed by atoms with Gasteiger partial charge in [0.25, 0.3) is 0 Å². The van der Waals surface area contributed by atoms with E-state index in [9.17, 15) is 10.2 Å². The number of hydrogen-bond acceptors (Lipinski definition) is 5. The Morgan fingerprint density at radius 3 is 2.12 bits per heavy atom. The minimum atomic E-state index is 0.134. The van der Waals surface area contributed by atoms with E-state index in [1.807, 2.05) is 42.5 Å². The van der Waals surface area contributed by atoms with Gasteiger partial charge in [-0.25, -0.2) is 0 Å². The van der Waals surface area contributed by atoms with Crippen LogP contribution in [-0.4, -0.2) is 61.2 Å². The van der Waals surface area contributed by atoms with Gasteiger partial charge in [0, 0.05) is 26.2 Å². The van der Waals surface area contributed by atoms with Gasteiger partial charge in [-0.3, -0.25) is 4.90 Å². The summed E-state index contributed by atoms with van der Waals surface area (Å²) in [6.07, 6.45) is 1.42. The van der Waals surface area contributed by atoms with Crippen LogP contribution in [0.2, 0.25) is 0 Å². The van der Waals surface area contributed by atoms with Gasteiger partial charge >= 0.3 is 0 Å². The van der Waals surface area contributed by atoms with Crippen LogP contribution >= 0.6 is 0 Å². The number of nitrogens with zero attached hydrogens (tertiary/aromatic N) is 1. The Balaban J connectivity index is 1.62. The highest BCUT2D eigenvalue weighted by atomic mass is 16.5. The van der Waals surface area contributed by atoms with Crippen molar-refractivity contribution in [2.45, 2.75) is 12.8 Å². The van der Waals surface area contributed by atoms with Crippen molar-refractivity contribution < 1.29 is 19.7 Å². The Bertz CT molecular complexity index is 1040. The number of hydrogen-bond donors (Lipinski definition) is 2. The van der Waals surface area contributed by atoms with Crippen molar-refractivity contribution >= 4 is 11.1 Å². The standard InChI is InChI=1S/C29H33NO4/c31-19-4-7-28(23-5-2-1-3-6-23)29(24-8-12-26(32)13-9-24)25-10-14-27(15-11-25)34-22-18-30-16-20-33-21-17-30/h1-3,5-6,8-15,31-32H,4,7,16-22H2. The maximum Gasteiger partial charge on any atom is 0.119 e. The Labute approximate surface area is 201 Å². The number of phenols is 1. The molecule has 178 valence electrons. The summed E-state index contributed by atoms with van der Waals surface area (Å²) in [5, 5.41) is 19.4. The van der Waals surface area contributed by atoms with Gasteiger partial charge in [0.2, 0.25) is 0 Å². The zero-order valence-electron chi connectivity index (χ0n) is 19.5. The van der Waals surface area contributed by atoms with E-state index in [4.69, 9.17) is 9.47 Å². The average molecular weight is 460 g/mol. The Kier molecular flexibility index (Phi) is 8.74. The molecule has 0 unspecified atom stereocenters. The SMILES string of the molecule is OCCCC(=C(c1ccc(O)cc1)c1ccc(OCCN2CCOCC2)cc1)c1ccccc1. The molecule has 0 spiro atoms. The van der Waals surface area contributed by atoms with Crippen LogP contribution in [0.15, 0.2) is 78.9 Å². The number of aromatic hydroxyl groups is 1. The van der Waals surface area contributed by atoms with Crippen LogP contribution in [0.3, 0.4) is 0 Å². The van der Waals surface area contributed by atoms with Crippen molar-refractivity contribution in [3.8, 4) is 11.5 Å². The molecule has 0 aromatic heterocycles. The molecule has 0 atom stereocenters. The van der Waals surface area contributed by atoms with Crippen LogP contribution in [0.25, 0.3) is 11.1 Å². The fourth-order valence-corrected chi connectivity index (χ4v) is 4.29. The number of ether oxygens (including phenoxy) is 2. The third kappa shape index (κ3) is 6.48. The van der Waals surface area contributed by atoms with E-state index in [0.717, 1.165) is 67.3 Å². The molecule has 4 rings (SSSR count). The van der Waals surface area contributed by atoms with E-state index >= 15 is 0 Å². The lowest BCUT2D eigenvalue weighted by Gasteiger charge is -2.26. The van der Waals surface area contributed by atoms with Gasteiger partial charge in [-0.1, -0.05) is 54.6 Å². The molecule has 0 bridgehead atoms. The molecule has 34 heavy (non-hydrogen) atoms. The van der Waals surface area contributed by atoms with Gasteiger partial charge in [-0.2, -0.15) is 0 Å². The summed E-state index contributed by atoms with van der Waals surface area (Å²) < 4.78 is 11.4. The number of allylic oxidation sites excluding steroid dienone is 1. The van der Waals surface area contributed by atoms with Gasteiger partial charge in [0.1, 0.15) is 18.1 Å². The first-order valence-electron chi connectivity index (χ1n) is 12.0. The summed E-state index contributed by atoms with van der Waals surface area (Å²) in [4.78, 5) is 2.36. The van der Waals surface area contributed by atoms with E-state index in [2.05, 4.69) is 29.2 Å². The lowest BCUT2D eigenvalue weighted by atomic mass is 9.87. The maximum atomic E-state index is 9.84. The van der Waals surface area contributed by atoms with Crippen molar-refractivity contribution in [1.29, 1.82) is 0 Å². The first kappa shape index (κ1) is 24.0. The monoisotopic (exact) mass is 459 g/mol. The minimum Gasteiger partial charge on any atom is -0.508 e. The van der Waals surface area contributed by atoms with Crippen molar-refractivity contribution in [3.63, 3.8) is 0 Å². The van der Waals surface area contributed by atoms with Crippen molar-refractivity contribution in [3.05, 3.63) is 95.6 Å². The quantitative estimate of drug-likeness (QED) is 0.425. The summed E-state index contributed by atoms with van der Waals surface area (Å²) in [6.45, 7) is 5.17. The molecular formula is C29H33NO4. The Morgan fingerprint density at radius 2 is 1.47 bits per heavy atom. The smallest absolute Gasteiger partial charge is 0.119 e. The summed E-state index contributed by atoms with van der Waals surface area (Å²) in [5.41, 5.74) is 5.49. The number of benzene rings is 3. The molecule has 3 aromatic rings. The van der Waals surface area contributed by atoms with Crippen LogP contribution in [0.1, 0.15) is 29.5 Å². The van der Waals surface area contributed by atoms with Crippen LogP contribution in [0.4, 0.5) is 0 Å². The summed E-state index contributed by atoms with van der Waals surface area (Å²) in [6, 6.07) is 25.8. The van der Waals surface area contributed by atoms with Gasteiger partial charge in [0.15, 0.2) is 0 Å². The van der Waals surface area contributed by atoms with Crippen molar-refractivity contribution in [2.75, 3.05) is 46.1 Å². The molecule has 0 aliphatic carbocycles. The Hall–Kier alpha value is -3.12. The molecular weight excluding hydrogens is 426 g/mol. The first-order valence-corrected chi connectivity index (χ1v) is 12.0. The topological polar surface area (TPSA) is 62.2 Å². The second-order valence-electron chi connectivity index (χ2n) is 8.42. The molecule has 5 heteroatoms. The van der Waals surface area contributed by atoms with Crippen molar-refractivity contribution in [2.24, 2.45) is 0 Å². The van der Waals surface area contributed by atoms with E-state index in [1.54, 1.807) is 12.1 Å². The molecule has 0 saturated carbocycles. The largest absolute Gasteiger partial charge is 0.508 e. The lowest BCUT2D eigenvalue weighted by molar-refractivity contribution is 0.0322. The molecule has 5 nitrogen and oxygen atoms in total. The zero-order chi connectivity index (χ0) is 23.6. The minimum absolute atomic E-state index is 0.134. The highest BCUT2D eigenvalue weighted by molar-refractivity contribution is 5.98. The zero-order valence-corrected chi connectivity index (χ0v) is 19.5. The van der Waals surface area contributed by atoms with E-state index in [1.165, 1.54) is 5.57 Å². The van der Waals surface area contributed by atoms with E-state index in [-0.39, 0.29) is 12.4 Å². The molecule has 1 aliphatic rings. The van der Waals surface area contributed by atoms with E-state index < -0.39 is 0 Å². The van der Waals surface area contributed by atoms with Crippen LogP contribution in [0.5, 0.6) is 11.5 Å². The molecule has 2 N–H and O–H groups in total. The average Bonchev–Trinajstić information content (AvgIpc) is 2.89. The molecule has 1 heterocycles. The first-order chi connectivity index (χ1) is 16.7. The second kappa shape index (κ2) is 12.4. The second-order valence-corrected chi connectivity index (χ2v) is 8.42. The number of morpholine rings is 1. The predicted octanol–water partition coefficient (Wildman–Crippen LogP) is 4.83. The highest BCUT2D eigenvalue weighted by Crippen LogP contribution is 2.36. The molecule has 1 saturated heterocycles. The Morgan fingerprint density at radius 1 is 0.824 bits per heavy atom. The normalized spacial score (nSPS) is 15.1. The van der Waals surface area contributed by atoms with E-state index in [0.29, 0.717) is 13.0 Å². The lowest BCUT2D eigenvalue weighted by Crippen LogP contribution is -2.38. The molecule has 0 radical (unpaired) electrons. The third-order valence-corrected chi connectivity index (χ3v) is 6.09. The van der Waals surface area contributed by atoms with Gasteiger partial charge in [0.05, 0.1) is 13.2 Å². The van der Waals surface area contributed by atoms with Gasteiger partial charge < -0.3 is 19.7 Å². The summed E-state index contributed by atoms with van der Waals surface area (Å²) >= 11 is 0. The van der Waals surface area contributed by atoms with Crippen LogP contribution < -0.4 is 4.74 Å². The number of aliphatic hydroxyl groups excluding tert-OH is 1. The molecule has 1 aliphatic heterocycles. The predicted molar refractivity (Wildman–Crippen MR) is 136 cm³/mol. The fraction of sp³-hybridized carbons (Fsp3) is 0.310. The summed E-state index contributed by atoms with van der Waals surface area (Å²) in [7, 11) is 0. The molecule has 1 fully saturated rings. The summed E-state index contributed by atoms with van der Waals surface area (Å²) in [5.74, 6) is 1.09.